The summed E-state index contributed by atoms with van der Waals surface area (Å²) in [5.74, 6) is -2.20. The number of nitrogens with zero attached hydrogens (tertiary/aromatic N) is 4. The molecule has 2 aliphatic heterocycles. The zero-order valence-corrected chi connectivity index (χ0v) is 18.2. The molecule has 1 atom stereocenters. The van der Waals surface area contributed by atoms with Gasteiger partial charge in [-0.1, -0.05) is 0 Å². The highest BCUT2D eigenvalue weighted by Gasteiger charge is 2.38. The van der Waals surface area contributed by atoms with E-state index in [9.17, 15) is 26.3 Å². The predicted molar refractivity (Wildman–Crippen MR) is 110 cm³/mol. The minimum atomic E-state index is -5.08. The Labute approximate surface area is 191 Å². The lowest BCUT2D eigenvalue weighted by Crippen LogP contribution is -2.36. The molecule has 1 N–H and O–H groups in total. The van der Waals surface area contributed by atoms with Gasteiger partial charge in [-0.3, -0.25) is 0 Å². The second-order valence-corrected chi connectivity index (χ2v) is 8.23. The van der Waals surface area contributed by atoms with Gasteiger partial charge in [0, 0.05) is 31.6 Å². The number of benzene rings is 1. The molecule has 7 nitrogen and oxygen atoms in total. The molecule has 0 bridgehead atoms. The van der Waals surface area contributed by atoms with Gasteiger partial charge in [0.2, 0.25) is 0 Å². The van der Waals surface area contributed by atoms with Crippen molar-refractivity contribution in [2.24, 2.45) is 0 Å². The first kappa shape index (κ1) is 25.9. The SMILES string of the molecule is CN1CCC(OC2CCN(c3ncnc4ccc(C(F)(F)F)cc34)C2)CC1.O=C(O)C(F)(F)F. The summed E-state index contributed by atoms with van der Waals surface area (Å²) in [6.45, 7) is 3.45. The summed E-state index contributed by atoms with van der Waals surface area (Å²) in [6.07, 6.45) is -4.78. The number of anilines is 1. The van der Waals surface area contributed by atoms with Gasteiger partial charge in [0.1, 0.15) is 12.1 Å². The molecule has 3 heterocycles. The van der Waals surface area contributed by atoms with E-state index in [2.05, 4.69) is 21.9 Å². The predicted octanol–water partition coefficient (Wildman–Crippen LogP) is 3.97. The first-order chi connectivity index (χ1) is 15.8. The van der Waals surface area contributed by atoms with Gasteiger partial charge in [0.05, 0.1) is 23.3 Å². The molecule has 1 unspecified atom stereocenters. The molecule has 1 aromatic heterocycles. The molecule has 2 aliphatic rings. The van der Waals surface area contributed by atoms with Crippen molar-refractivity contribution < 1.29 is 41.0 Å². The van der Waals surface area contributed by atoms with Crippen LogP contribution < -0.4 is 4.90 Å². The molecule has 0 amide bonds. The number of halogens is 6. The van der Waals surface area contributed by atoms with Crippen LogP contribution in [0.2, 0.25) is 0 Å². The van der Waals surface area contributed by atoms with Crippen molar-refractivity contribution in [2.75, 3.05) is 38.1 Å². The number of hydrogen-bond acceptors (Lipinski definition) is 6. The lowest BCUT2D eigenvalue weighted by molar-refractivity contribution is -0.192. The van der Waals surface area contributed by atoms with Crippen molar-refractivity contribution in [2.45, 2.75) is 43.8 Å². The third kappa shape index (κ3) is 6.69. The van der Waals surface area contributed by atoms with Crippen LogP contribution in [-0.2, 0) is 15.7 Å². The van der Waals surface area contributed by atoms with Crippen LogP contribution in [0.15, 0.2) is 24.5 Å². The number of carboxylic acid groups (broad SMARTS) is 1. The van der Waals surface area contributed by atoms with Gasteiger partial charge in [0.15, 0.2) is 0 Å². The average molecular weight is 494 g/mol. The minimum Gasteiger partial charge on any atom is -0.475 e. The molecule has 13 heteroatoms. The summed E-state index contributed by atoms with van der Waals surface area (Å²) < 4.78 is 77.3. The molecule has 2 saturated heterocycles. The largest absolute Gasteiger partial charge is 0.490 e. The number of aliphatic carboxylic acids is 1. The molecule has 2 fully saturated rings. The fourth-order valence-electron chi connectivity index (χ4n) is 3.90. The van der Waals surface area contributed by atoms with E-state index in [0.29, 0.717) is 23.3 Å². The zero-order chi connectivity index (χ0) is 25.1. The Morgan fingerprint density at radius 2 is 1.65 bits per heavy atom. The molecule has 2 aromatic rings. The summed E-state index contributed by atoms with van der Waals surface area (Å²) in [5.41, 5.74) is -0.156. The van der Waals surface area contributed by atoms with Crippen molar-refractivity contribution in [3.63, 3.8) is 0 Å². The topological polar surface area (TPSA) is 78.8 Å². The Hall–Kier alpha value is -2.67. The summed E-state index contributed by atoms with van der Waals surface area (Å²) in [5, 5.41) is 7.56. The molecule has 0 radical (unpaired) electrons. The summed E-state index contributed by atoms with van der Waals surface area (Å²) in [4.78, 5) is 21.6. The maximum Gasteiger partial charge on any atom is 0.490 e. The van der Waals surface area contributed by atoms with Crippen molar-refractivity contribution in [1.82, 2.24) is 14.9 Å². The van der Waals surface area contributed by atoms with Crippen LogP contribution in [0.25, 0.3) is 10.9 Å². The van der Waals surface area contributed by atoms with Crippen LogP contribution in [0.3, 0.4) is 0 Å². The highest BCUT2D eigenvalue weighted by atomic mass is 19.4. The number of piperidine rings is 1. The number of aromatic nitrogens is 2. The molecule has 0 spiro atoms. The Kier molecular flexibility index (Phi) is 7.86. The maximum absolute atomic E-state index is 13.1. The molecular weight excluding hydrogens is 470 g/mol. The smallest absolute Gasteiger partial charge is 0.475 e. The van der Waals surface area contributed by atoms with E-state index in [0.717, 1.165) is 51.0 Å². The van der Waals surface area contributed by atoms with E-state index in [1.54, 1.807) is 0 Å². The van der Waals surface area contributed by atoms with Crippen LogP contribution in [0.4, 0.5) is 32.2 Å². The highest BCUT2D eigenvalue weighted by molar-refractivity contribution is 5.90. The summed E-state index contributed by atoms with van der Waals surface area (Å²) in [6, 6.07) is 3.62. The first-order valence-corrected chi connectivity index (χ1v) is 10.6. The molecule has 4 rings (SSSR count). The number of carboxylic acids is 1. The van der Waals surface area contributed by atoms with Gasteiger partial charge in [-0.2, -0.15) is 26.3 Å². The second kappa shape index (κ2) is 10.3. The highest BCUT2D eigenvalue weighted by Crippen LogP contribution is 2.34. The normalized spacial score (nSPS) is 20.3. The lowest BCUT2D eigenvalue weighted by Gasteiger charge is -2.30. The van der Waals surface area contributed by atoms with E-state index in [1.807, 2.05) is 4.90 Å². The van der Waals surface area contributed by atoms with Gasteiger partial charge in [-0.25, -0.2) is 14.8 Å². The van der Waals surface area contributed by atoms with E-state index >= 15 is 0 Å². The van der Waals surface area contributed by atoms with Gasteiger partial charge < -0.3 is 19.6 Å². The minimum absolute atomic E-state index is 0.0919. The van der Waals surface area contributed by atoms with E-state index in [1.165, 1.54) is 12.4 Å². The quantitative estimate of drug-likeness (QED) is 0.647. The monoisotopic (exact) mass is 494 g/mol. The second-order valence-electron chi connectivity index (χ2n) is 8.23. The molecule has 0 aliphatic carbocycles. The molecule has 188 valence electrons. The van der Waals surface area contributed by atoms with Crippen LogP contribution in [-0.4, -0.2) is 77.6 Å². The fourth-order valence-corrected chi connectivity index (χ4v) is 3.90. The van der Waals surface area contributed by atoms with Crippen molar-refractivity contribution in [1.29, 1.82) is 0 Å². The van der Waals surface area contributed by atoms with Crippen molar-refractivity contribution in [3.8, 4) is 0 Å². The number of ether oxygens (including phenoxy) is 1. The number of fused-ring (bicyclic) bond motifs is 1. The van der Waals surface area contributed by atoms with E-state index in [4.69, 9.17) is 14.6 Å². The number of likely N-dealkylation sites (tertiary alicyclic amines) is 1. The van der Waals surface area contributed by atoms with Crippen LogP contribution in [0, 0.1) is 0 Å². The number of rotatable bonds is 3. The Bertz CT molecular complexity index is 993. The lowest BCUT2D eigenvalue weighted by atomic mass is 10.1. The molecule has 0 saturated carbocycles. The third-order valence-electron chi connectivity index (χ3n) is 5.68. The van der Waals surface area contributed by atoms with Gasteiger partial charge in [-0.05, 0) is 44.5 Å². The van der Waals surface area contributed by atoms with Crippen LogP contribution >= 0.6 is 0 Å². The first-order valence-electron chi connectivity index (χ1n) is 10.6. The van der Waals surface area contributed by atoms with Crippen molar-refractivity contribution >= 4 is 22.7 Å². The molecule has 1 aromatic carbocycles. The van der Waals surface area contributed by atoms with Gasteiger partial charge >= 0.3 is 18.3 Å². The number of carbonyl (C=O) groups is 1. The standard InChI is InChI=1S/C19H23F3N4O.C2HF3O2/c1-25-7-4-14(5-8-25)27-15-6-9-26(11-15)18-16-10-13(19(20,21)22)2-3-17(16)23-12-24-18;3-2(4,5)1(6)7/h2-3,10,12,14-15H,4-9,11H2,1H3;(H,6,7). The third-order valence-corrected chi connectivity index (χ3v) is 5.68. The summed E-state index contributed by atoms with van der Waals surface area (Å²) >= 11 is 0. The molecular formula is C21H24F6N4O3. The van der Waals surface area contributed by atoms with Crippen LogP contribution in [0.1, 0.15) is 24.8 Å². The Balaban J connectivity index is 0.000000406. The Morgan fingerprint density at radius 1 is 1.03 bits per heavy atom. The molecule has 34 heavy (non-hydrogen) atoms. The van der Waals surface area contributed by atoms with Crippen LogP contribution in [0.5, 0.6) is 0 Å². The number of alkyl halides is 6. The Morgan fingerprint density at radius 3 is 2.24 bits per heavy atom. The van der Waals surface area contributed by atoms with Crippen molar-refractivity contribution in [3.05, 3.63) is 30.1 Å². The number of hydrogen-bond donors (Lipinski definition) is 1. The van der Waals surface area contributed by atoms with E-state index in [-0.39, 0.29) is 12.2 Å². The van der Waals surface area contributed by atoms with E-state index < -0.39 is 23.9 Å². The van der Waals surface area contributed by atoms with Gasteiger partial charge in [0.25, 0.3) is 0 Å². The average Bonchev–Trinajstić information content (AvgIpc) is 3.22. The zero-order valence-electron chi connectivity index (χ0n) is 18.2. The maximum atomic E-state index is 13.1. The summed E-state index contributed by atoms with van der Waals surface area (Å²) in [7, 11) is 2.11. The van der Waals surface area contributed by atoms with Gasteiger partial charge in [-0.15, -0.1) is 0 Å². The fraction of sp³-hybridized carbons (Fsp3) is 0.571.